The van der Waals surface area contributed by atoms with Crippen molar-refractivity contribution < 1.29 is 12.3 Å². The molecule has 0 aromatic heterocycles. The zero-order chi connectivity index (χ0) is 10.2. The summed E-state index contributed by atoms with van der Waals surface area (Å²) in [5.41, 5.74) is 1.96. The van der Waals surface area contributed by atoms with Gasteiger partial charge in [0.05, 0.1) is 4.90 Å². The van der Waals surface area contributed by atoms with E-state index in [2.05, 4.69) is 5.32 Å². The van der Waals surface area contributed by atoms with Crippen LogP contribution in [-0.4, -0.2) is 15.0 Å². The van der Waals surface area contributed by atoms with Gasteiger partial charge in [0.15, 0.2) is 0 Å². The molecule has 0 fully saturated rings. The zero-order valence-corrected chi connectivity index (χ0v) is 8.27. The van der Waals surface area contributed by atoms with E-state index < -0.39 is 10.2 Å². The van der Waals surface area contributed by atoms with Gasteiger partial charge in [-0.1, -0.05) is 6.07 Å². The summed E-state index contributed by atoms with van der Waals surface area (Å²) in [6, 6.07) is 4.40. The number of fused-ring (bicyclic) bond motifs is 1. The molecule has 1 aromatic carbocycles. The van der Waals surface area contributed by atoms with Crippen LogP contribution in [0.1, 0.15) is 11.1 Å². The third kappa shape index (κ3) is 1.78. The second-order valence-electron chi connectivity index (χ2n) is 3.30. The van der Waals surface area contributed by atoms with Gasteiger partial charge in [0, 0.05) is 6.54 Å². The average Bonchev–Trinajstić information content (AvgIpc) is 2.16. The van der Waals surface area contributed by atoms with E-state index in [1.54, 1.807) is 6.07 Å². The van der Waals surface area contributed by atoms with Crippen molar-refractivity contribution in [1.29, 1.82) is 0 Å². The Balaban J connectivity index is 2.49. The first-order chi connectivity index (χ1) is 6.57. The van der Waals surface area contributed by atoms with E-state index in [4.69, 9.17) is 0 Å². The summed E-state index contributed by atoms with van der Waals surface area (Å²) >= 11 is 0. The average molecular weight is 215 g/mol. The van der Waals surface area contributed by atoms with E-state index in [1.807, 2.05) is 0 Å². The number of rotatable bonds is 1. The molecule has 0 bridgehead atoms. The van der Waals surface area contributed by atoms with Gasteiger partial charge >= 0.3 is 10.2 Å². The lowest BCUT2D eigenvalue weighted by Crippen LogP contribution is -2.23. The molecule has 76 valence electrons. The van der Waals surface area contributed by atoms with Crippen LogP contribution in [0.3, 0.4) is 0 Å². The molecule has 1 heterocycles. The number of hydrogen-bond acceptors (Lipinski definition) is 3. The molecule has 0 radical (unpaired) electrons. The second kappa shape index (κ2) is 3.33. The van der Waals surface area contributed by atoms with Gasteiger partial charge in [-0.25, -0.2) is 0 Å². The lowest BCUT2D eigenvalue weighted by atomic mass is 10.0. The fourth-order valence-corrected chi connectivity index (χ4v) is 2.12. The fraction of sp³-hybridized carbons (Fsp3) is 0.333. The highest BCUT2D eigenvalue weighted by Gasteiger charge is 2.15. The van der Waals surface area contributed by atoms with Gasteiger partial charge in [0.25, 0.3) is 0 Å². The summed E-state index contributed by atoms with van der Waals surface area (Å²) in [7, 11) is -4.56. The van der Waals surface area contributed by atoms with Gasteiger partial charge in [-0.3, -0.25) is 0 Å². The SMILES string of the molecule is O=S(=O)(F)c1ccc2c(c1)CNCC2. The van der Waals surface area contributed by atoms with Crippen LogP contribution in [0.4, 0.5) is 3.89 Å². The van der Waals surface area contributed by atoms with Crippen LogP contribution in [0.15, 0.2) is 23.1 Å². The van der Waals surface area contributed by atoms with Crippen molar-refractivity contribution in [3.8, 4) is 0 Å². The van der Waals surface area contributed by atoms with E-state index in [0.29, 0.717) is 6.54 Å². The van der Waals surface area contributed by atoms with Crippen LogP contribution in [0.5, 0.6) is 0 Å². The monoisotopic (exact) mass is 215 g/mol. The molecule has 1 aliphatic heterocycles. The Bertz CT molecular complexity index is 456. The Kier molecular flexibility index (Phi) is 2.28. The number of benzene rings is 1. The maximum absolute atomic E-state index is 12.6. The minimum absolute atomic E-state index is 0.250. The highest BCUT2D eigenvalue weighted by molar-refractivity contribution is 7.86. The molecule has 3 nitrogen and oxygen atoms in total. The smallest absolute Gasteiger partial charge is 0.312 e. The van der Waals surface area contributed by atoms with E-state index in [-0.39, 0.29) is 4.90 Å². The Morgan fingerprint density at radius 2 is 2.07 bits per heavy atom. The Morgan fingerprint density at radius 3 is 2.79 bits per heavy atom. The van der Waals surface area contributed by atoms with E-state index in [0.717, 1.165) is 24.1 Å². The normalized spacial score (nSPS) is 16.4. The lowest BCUT2D eigenvalue weighted by Gasteiger charge is -2.16. The van der Waals surface area contributed by atoms with Gasteiger partial charge < -0.3 is 5.32 Å². The van der Waals surface area contributed by atoms with Crippen molar-refractivity contribution in [3.05, 3.63) is 29.3 Å². The summed E-state index contributed by atoms with van der Waals surface area (Å²) in [4.78, 5) is -0.250. The van der Waals surface area contributed by atoms with Gasteiger partial charge in [0.2, 0.25) is 0 Å². The van der Waals surface area contributed by atoms with Crippen molar-refractivity contribution in [2.75, 3.05) is 6.54 Å². The summed E-state index contributed by atoms with van der Waals surface area (Å²) in [6.07, 6.45) is 0.863. The molecule has 1 aliphatic rings. The van der Waals surface area contributed by atoms with Crippen LogP contribution in [0.2, 0.25) is 0 Å². The molecule has 0 amide bonds. The van der Waals surface area contributed by atoms with E-state index in [9.17, 15) is 12.3 Å². The number of halogens is 1. The minimum atomic E-state index is -4.56. The second-order valence-corrected chi connectivity index (χ2v) is 4.64. The third-order valence-corrected chi connectivity index (χ3v) is 3.16. The van der Waals surface area contributed by atoms with Gasteiger partial charge in [0.1, 0.15) is 0 Å². The van der Waals surface area contributed by atoms with Crippen LogP contribution in [0, 0.1) is 0 Å². The Labute approximate surface area is 82.2 Å². The van der Waals surface area contributed by atoms with Gasteiger partial charge in [-0.05, 0) is 36.2 Å². The summed E-state index contributed by atoms with van der Waals surface area (Å²) in [5.74, 6) is 0. The van der Waals surface area contributed by atoms with Crippen LogP contribution < -0.4 is 5.32 Å². The topological polar surface area (TPSA) is 46.2 Å². The summed E-state index contributed by atoms with van der Waals surface area (Å²) in [6.45, 7) is 1.49. The van der Waals surface area contributed by atoms with Crippen LogP contribution in [-0.2, 0) is 23.2 Å². The molecule has 0 spiro atoms. The van der Waals surface area contributed by atoms with Crippen molar-refractivity contribution in [2.24, 2.45) is 0 Å². The molecule has 5 heteroatoms. The predicted molar refractivity (Wildman–Crippen MR) is 50.1 cm³/mol. The third-order valence-electron chi connectivity index (χ3n) is 2.35. The summed E-state index contributed by atoms with van der Waals surface area (Å²) in [5, 5.41) is 3.10. The van der Waals surface area contributed by atoms with Crippen LogP contribution >= 0.6 is 0 Å². The van der Waals surface area contributed by atoms with Crippen molar-refractivity contribution >= 4 is 10.2 Å². The first-order valence-electron chi connectivity index (χ1n) is 4.34. The molecule has 0 saturated carbocycles. The molecule has 0 atom stereocenters. The van der Waals surface area contributed by atoms with Gasteiger partial charge in [-0.2, -0.15) is 8.42 Å². The van der Waals surface area contributed by atoms with Crippen LogP contribution in [0.25, 0.3) is 0 Å². The highest BCUT2D eigenvalue weighted by atomic mass is 32.3. The fourth-order valence-electron chi connectivity index (χ4n) is 1.61. The molecule has 0 aliphatic carbocycles. The van der Waals surface area contributed by atoms with Crippen molar-refractivity contribution in [1.82, 2.24) is 5.32 Å². The molecule has 14 heavy (non-hydrogen) atoms. The lowest BCUT2D eigenvalue weighted by molar-refractivity contribution is 0.551. The standard InChI is InChI=1S/C9H10FNO2S/c10-14(12,13)9-2-1-7-3-4-11-6-8(7)5-9/h1-2,5,11H,3-4,6H2. The highest BCUT2D eigenvalue weighted by Crippen LogP contribution is 2.20. The maximum atomic E-state index is 12.6. The van der Waals surface area contributed by atoms with Crippen molar-refractivity contribution in [2.45, 2.75) is 17.9 Å². The first kappa shape index (κ1) is 9.61. The van der Waals surface area contributed by atoms with Gasteiger partial charge in [-0.15, -0.1) is 3.89 Å². The molecule has 0 saturated heterocycles. The first-order valence-corrected chi connectivity index (χ1v) is 5.73. The molecule has 0 unspecified atom stereocenters. The van der Waals surface area contributed by atoms with E-state index >= 15 is 0 Å². The van der Waals surface area contributed by atoms with E-state index in [1.165, 1.54) is 12.1 Å². The zero-order valence-electron chi connectivity index (χ0n) is 7.46. The Morgan fingerprint density at radius 1 is 1.29 bits per heavy atom. The Hall–Kier alpha value is -0.940. The number of nitrogens with one attached hydrogen (secondary N) is 1. The van der Waals surface area contributed by atoms with Crippen molar-refractivity contribution in [3.63, 3.8) is 0 Å². The molecular weight excluding hydrogens is 205 g/mol. The predicted octanol–water partition coefficient (Wildman–Crippen LogP) is 0.991. The largest absolute Gasteiger partial charge is 0.332 e. The maximum Gasteiger partial charge on any atom is 0.332 e. The molecule has 1 N–H and O–H groups in total. The quantitative estimate of drug-likeness (QED) is 0.711. The molecule has 1 aromatic rings. The summed E-state index contributed by atoms with van der Waals surface area (Å²) < 4.78 is 33.9. The molecule has 2 rings (SSSR count). The number of hydrogen-bond donors (Lipinski definition) is 1. The minimum Gasteiger partial charge on any atom is -0.312 e. The molecular formula is C9H10FNO2S.